The van der Waals surface area contributed by atoms with Crippen LogP contribution in [0.3, 0.4) is 0 Å². The van der Waals surface area contributed by atoms with E-state index in [2.05, 4.69) is 10.3 Å². The summed E-state index contributed by atoms with van der Waals surface area (Å²) >= 11 is 7.54. The summed E-state index contributed by atoms with van der Waals surface area (Å²) in [7, 11) is 0. The van der Waals surface area contributed by atoms with Crippen LogP contribution in [0.5, 0.6) is 0 Å². The number of hydrogen-bond donors (Lipinski definition) is 1. The molecule has 3 rings (SSSR count). The summed E-state index contributed by atoms with van der Waals surface area (Å²) in [5.74, 6) is -0.212. The minimum atomic E-state index is -0.212. The Labute approximate surface area is 149 Å². The molecule has 0 saturated carbocycles. The summed E-state index contributed by atoms with van der Waals surface area (Å²) in [5, 5.41) is 5.83. The minimum Gasteiger partial charge on any atom is -0.298 e. The number of halogens is 1. The molecule has 0 aliphatic carbocycles. The van der Waals surface area contributed by atoms with Crippen LogP contribution in [0.4, 0.5) is 5.13 Å². The van der Waals surface area contributed by atoms with Crippen LogP contribution in [0, 0.1) is 6.92 Å². The quantitative estimate of drug-likeness (QED) is 0.635. The van der Waals surface area contributed by atoms with Gasteiger partial charge in [0.15, 0.2) is 5.13 Å². The Hall–Kier alpha value is -2.43. The number of carbonyl (C=O) groups is 1. The van der Waals surface area contributed by atoms with Gasteiger partial charge in [-0.15, -0.1) is 11.3 Å². The van der Waals surface area contributed by atoms with E-state index < -0.39 is 0 Å². The first-order chi connectivity index (χ1) is 11.6. The van der Waals surface area contributed by atoms with Crippen molar-refractivity contribution in [2.75, 3.05) is 5.32 Å². The molecule has 0 atom stereocenters. The van der Waals surface area contributed by atoms with Crippen molar-refractivity contribution in [3.05, 3.63) is 76.1 Å². The smallest absolute Gasteiger partial charge is 0.250 e. The van der Waals surface area contributed by atoms with Gasteiger partial charge in [-0.2, -0.15) is 0 Å². The molecule has 0 fully saturated rings. The molecular weight excluding hydrogens is 340 g/mol. The predicted molar refractivity (Wildman–Crippen MR) is 101 cm³/mol. The van der Waals surface area contributed by atoms with E-state index in [9.17, 15) is 4.79 Å². The zero-order valence-corrected chi connectivity index (χ0v) is 14.6. The second-order valence-electron chi connectivity index (χ2n) is 5.25. The molecule has 3 nitrogen and oxygen atoms in total. The molecule has 0 aliphatic heterocycles. The number of hydrogen-bond acceptors (Lipinski definition) is 3. The summed E-state index contributed by atoms with van der Waals surface area (Å²) in [6.45, 7) is 2.03. The number of amides is 1. The van der Waals surface area contributed by atoms with E-state index >= 15 is 0 Å². The lowest BCUT2D eigenvalue weighted by molar-refractivity contribution is -0.111. The van der Waals surface area contributed by atoms with Crippen molar-refractivity contribution in [1.82, 2.24) is 4.98 Å². The van der Waals surface area contributed by atoms with Gasteiger partial charge in [0.25, 0.3) is 0 Å². The Balaban J connectivity index is 1.67. The molecule has 1 heterocycles. The average Bonchev–Trinajstić information content (AvgIpc) is 3.03. The third kappa shape index (κ3) is 4.10. The van der Waals surface area contributed by atoms with Crippen molar-refractivity contribution in [3.63, 3.8) is 0 Å². The molecule has 3 aromatic rings. The van der Waals surface area contributed by atoms with Crippen LogP contribution in [0.25, 0.3) is 17.3 Å². The first-order valence-electron chi connectivity index (χ1n) is 7.38. The van der Waals surface area contributed by atoms with Crippen LogP contribution < -0.4 is 5.32 Å². The van der Waals surface area contributed by atoms with Gasteiger partial charge >= 0.3 is 0 Å². The third-order valence-corrected chi connectivity index (χ3v) is 4.48. The van der Waals surface area contributed by atoms with E-state index in [1.54, 1.807) is 6.08 Å². The topological polar surface area (TPSA) is 42.0 Å². The standard InChI is InChI=1S/C19H15ClN2OS/c1-13-6-8-14(9-7-13)10-11-18(23)22-19-21-17(12-24-19)15-4-2-3-5-16(15)20/h2-12H,1H3,(H,21,22,23)/b11-10+. The van der Waals surface area contributed by atoms with Crippen LogP contribution in [-0.2, 0) is 4.79 Å². The molecule has 1 amide bonds. The Morgan fingerprint density at radius 2 is 1.92 bits per heavy atom. The minimum absolute atomic E-state index is 0.212. The Kier molecular flexibility index (Phi) is 5.08. The van der Waals surface area contributed by atoms with Gasteiger partial charge in [-0.1, -0.05) is 59.6 Å². The maximum atomic E-state index is 12.0. The van der Waals surface area contributed by atoms with E-state index in [0.29, 0.717) is 10.2 Å². The van der Waals surface area contributed by atoms with Crippen LogP contribution >= 0.6 is 22.9 Å². The number of rotatable bonds is 4. The van der Waals surface area contributed by atoms with E-state index in [0.717, 1.165) is 16.8 Å². The Morgan fingerprint density at radius 3 is 2.67 bits per heavy atom. The second-order valence-corrected chi connectivity index (χ2v) is 6.52. The molecule has 0 unspecified atom stereocenters. The monoisotopic (exact) mass is 354 g/mol. The highest BCUT2D eigenvalue weighted by Gasteiger charge is 2.08. The fourth-order valence-electron chi connectivity index (χ4n) is 2.12. The zero-order valence-electron chi connectivity index (χ0n) is 13.0. The van der Waals surface area contributed by atoms with Crippen molar-refractivity contribution < 1.29 is 4.79 Å². The van der Waals surface area contributed by atoms with Crippen LogP contribution in [0.1, 0.15) is 11.1 Å². The number of nitrogens with zero attached hydrogens (tertiary/aromatic N) is 1. The molecule has 0 bridgehead atoms. The van der Waals surface area contributed by atoms with Gasteiger partial charge in [0.1, 0.15) is 0 Å². The second kappa shape index (κ2) is 7.43. The van der Waals surface area contributed by atoms with Crippen molar-refractivity contribution >= 4 is 40.1 Å². The maximum Gasteiger partial charge on any atom is 0.250 e. The molecule has 0 radical (unpaired) electrons. The fraction of sp³-hybridized carbons (Fsp3) is 0.0526. The fourth-order valence-corrected chi connectivity index (χ4v) is 3.07. The number of benzene rings is 2. The van der Waals surface area contributed by atoms with Crippen LogP contribution in [0.2, 0.25) is 5.02 Å². The van der Waals surface area contributed by atoms with Gasteiger partial charge in [-0.25, -0.2) is 4.98 Å². The number of anilines is 1. The number of aryl methyl sites for hydroxylation is 1. The lowest BCUT2D eigenvalue weighted by atomic mass is 10.1. The number of aromatic nitrogens is 1. The van der Waals surface area contributed by atoms with Gasteiger partial charge < -0.3 is 0 Å². The molecule has 0 spiro atoms. The molecular formula is C19H15ClN2OS. The average molecular weight is 355 g/mol. The van der Waals surface area contributed by atoms with Crippen LogP contribution in [0.15, 0.2) is 60.0 Å². The molecule has 1 N–H and O–H groups in total. The molecule has 0 saturated heterocycles. The summed E-state index contributed by atoms with van der Waals surface area (Å²) in [6.07, 6.45) is 3.28. The van der Waals surface area contributed by atoms with Gasteiger partial charge in [0, 0.05) is 22.0 Å². The lowest BCUT2D eigenvalue weighted by Crippen LogP contribution is -2.07. The van der Waals surface area contributed by atoms with Gasteiger partial charge in [0.05, 0.1) is 5.69 Å². The molecule has 1 aromatic heterocycles. The zero-order chi connectivity index (χ0) is 16.9. The van der Waals surface area contributed by atoms with Crippen molar-refractivity contribution in [1.29, 1.82) is 0 Å². The highest BCUT2D eigenvalue weighted by molar-refractivity contribution is 7.14. The van der Waals surface area contributed by atoms with E-state index in [-0.39, 0.29) is 5.91 Å². The molecule has 120 valence electrons. The third-order valence-electron chi connectivity index (χ3n) is 3.39. The van der Waals surface area contributed by atoms with Crippen LogP contribution in [-0.4, -0.2) is 10.9 Å². The van der Waals surface area contributed by atoms with Gasteiger partial charge in [-0.3, -0.25) is 10.1 Å². The largest absolute Gasteiger partial charge is 0.298 e. The molecule has 0 aliphatic rings. The Morgan fingerprint density at radius 1 is 1.17 bits per heavy atom. The molecule has 5 heteroatoms. The number of nitrogens with one attached hydrogen (secondary N) is 1. The summed E-state index contributed by atoms with van der Waals surface area (Å²) in [6, 6.07) is 15.5. The van der Waals surface area contributed by atoms with Gasteiger partial charge in [-0.05, 0) is 24.6 Å². The highest BCUT2D eigenvalue weighted by Crippen LogP contribution is 2.30. The van der Waals surface area contributed by atoms with Crippen molar-refractivity contribution in [3.8, 4) is 11.3 Å². The predicted octanol–water partition coefficient (Wildman–Crippen LogP) is 5.42. The maximum absolute atomic E-state index is 12.0. The Bertz CT molecular complexity index is 884. The summed E-state index contributed by atoms with van der Waals surface area (Å²) in [5.41, 5.74) is 3.77. The summed E-state index contributed by atoms with van der Waals surface area (Å²) < 4.78 is 0. The summed E-state index contributed by atoms with van der Waals surface area (Å²) in [4.78, 5) is 16.4. The van der Waals surface area contributed by atoms with E-state index in [1.165, 1.54) is 23.0 Å². The van der Waals surface area contributed by atoms with Gasteiger partial charge in [0.2, 0.25) is 5.91 Å². The lowest BCUT2D eigenvalue weighted by Gasteiger charge is -1.99. The first kappa shape index (κ1) is 16.4. The molecule has 2 aromatic carbocycles. The number of thiazole rings is 1. The normalized spacial score (nSPS) is 10.9. The SMILES string of the molecule is Cc1ccc(/C=C/C(=O)Nc2nc(-c3ccccc3Cl)cs2)cc1. The van der Waals surface area contributed by atoms with Crippen molar-refractivity contribution in [2.45, 2.75) is 6.92 Å². The highest BCUT2D eigenvalue weighted by atomic mass is 35.5. The first-order valence-corrected chi connectivity index (χ1v) is 8.64. The van der Waals surface area contributed by atoms with Crippen molar-refractivity contribution in [2.24, 2.45) is 0 Å². The molecule has 24 heavy (non-hydrogen) atoms. The van der Waals surface area contributed by atoms with E-state index in [1.807, 2.05) is 60.8 Å². The van der Waals surface area contributed by atoms with E-state index in [4.69, 9.17) is 11.6 Å². The number of carbonyl (C=O) groups excluding carboxylic acids is 1.